The van der Waals surface area contributed by atoms with Crippen molar-refractivity contribution in [2.75, 3.05) is 26.2 Å². The number of Topliss-reactive ketones (excluding diaryl/α,β-unsaturated/α-hetero) is 2. The Morgan fingerprint density at radius 3 is 2.73 bits per heavy atom. The minimum absolute atomic E-state index is 0.00179. The Labute approximate surface area is 241 Å². The van der Waals surface area contributed by atoms with Crippen molar-refractivity contribution in [1.29, 1.82) is 0 Å². The zero-order valence-corrected chi connectivity index (χ0v) is 24.0. The fraction of sp³-hybridized carbons (Fsp3) is 0.692. The number of carboxylic acids is 1. The van der Waals surface area contributed by atoms with Crippen LogP contribution in [-0.4, -0.2) is 108 Å². The number of nitrogens with one attached hydrogen (secondary N) is 1. The summed E-state index contributed by atoms with van der Waals surface area (Å²) in [5.41, 5.74) is 5.45. The lowest BCUT2D eigenvalue weighted by atomic mass is 9.73. The van der Waals surface area contributed by atoms with E-state index in [1.54, 1.807) is 4.90 Å². The minimum atomic E-state index is -1.15. The second kappa shape index (κ2) is 12.0. The molecule has 4 unspecified atom stereocenters. The number of rotatable bonds is 12. The standard InChI is InChI=1S/C26H36N8O6S/c1-13(5-17(36)11-33-12-29-30-31-33)20-21-14(2)23(22(26(39)40)34(21)25(20)38)41-18-7-19(28-9-18)24(37)32-4-3-15(10-32)6-16(35)8-27/h12-15,18-21,28H,3-11,27H2,1-2H3,(H,39,40)/t13?,14-,15+,18?,19?,20?,21-/m1/s1. The normalized spacial score (nSPS) is 30.0. The van der Waals surface area contributed by atoms with Gasteiger partial charge >= 0.3 is 5.97 Å². The molecule has 5 heterocycles. The average Bonchev–Trinajstić information content (AvgIpc) is 3.72. The van der Waals surface area contributed by atoms with Gasteiger partial charge in [0.25, 0.3) is 0 Å². The fourth-order valence-corrected chi connectivity index (χ4v) is 8.22. The highest BCUT2D eigenvalue weighted by Crippen LogP contribution is 2.53. The lowest BCUT2D eigenvalue weighted by Gasteiger charge is -2.47. The number of aliphatic carboxylic acids is 1. The van der Waals surface area contributed by atoms with Crippen LogP contribution in [0.4, 0.5) is 0 Å². The van der Waals surface area contributed by atoms with Crippen LogP contribution < -0.4 is 11.1 Å². The number of likely N-dealkylation sites (tertiary alicyclic amines) is 1. The molecule has 0 spiro atoms. The number of hydrogen-bond acceptors (Lipinski definition) is 11. The van der Waals surface area contributed by atoms with Gasteiger partial charge in [-0.1, -0.05) is 13.8 Å². The van der Waals surface area contributed by atoms with Gasteiger partial charge in [0.15, 0.2) is 5.78 Å². The van der Waals surface area contributed by atoms with Crippen LogP contribution in [0.5, 0.6) is 0 Å². The molecule has 15 heteroatoms. The number of β-lactam (4-membered cyclic amide) rings is 1. The molecule has 5 rings (SSSR count). The molecule has 1 aromatic heterocycles. The molecule has 2 amide bonds. The number of amides is 2. The summed E-state index contributed by atoms with van der Waals surface area (Å²) in [6.07, 6.45) is 3.23. The van der Waals surface area contributed by atoms with Crippen LogP contribution in [0.3, 0.4) is 0 Å². The number of tetrazole rings is 1. The monoisotopic (exact) mass is 588 g/mol. The van der Waals surface area contributed by atoms with Crippen LogP contribution in [0, 0.1) is 23.7 Å². The predicted molar refractivity (Wildman–Crippen MR) is 146 cm³/mol. The number of fused-ring (bicyclic) bond motifs is 1. The Hall–Kier alpha value is -3.17. The van der Waals surface area contributed by atoms with E-state index >= 15 is 0 Å². The molecule has 41 heavy (non-hydrogen) atoms. The van der Waals surface area contributed by atoms with Crippen LogP contribution >= 0.6 is 11.8 Å². The Morgan fingerprint density at radius 2 is 2.05 bits per heavy atom. The molecule has 0 aliphatic carbocycles. The molecule has 3 saturated heterocycles. The van der Waals surface area contributed by atoms with Crippen molar-refractivity contribution in [2.45, 2.75) is 63.4 Å². The number of carboxylic acid groups (broad SMARTS) is 1. The molecular formula is C26H36N8O6S. The molecule has 4 aliphatic rings. The van der Waals surface area contributed by atoms with Crippen molar-refractivity contribution in [3.63, 3.8) is 0 Å². The maximum Gasteiger partial charge on any atom is 0.353 e. The molecule has 3 fully saturated rings. The van der Waals surface area contributed by atoms with E-state index in [-0.39, 0.29) is 83.7 Å². The maximum absolute atomic E-state index is 13.2. The lowest BCUT2D eigenvalue weighted by Crippen LogP contribution is -2.62. The van der Waals surface area contributed by atoms with Crippen molar-refractivity contribution in [3.05, 3.63) is 16.9 Å². The minimum Gasteiger partial charge on any atom is -0.477 e. The van der Waals surface area contributed by atoms with Crippen molar-refractivity contribution < 1.29 is 29.1 Å². The van der Waals surface area contributed by atoms with Gasteiger partial charge in [0.05, 0.1) is 24.5 Å². The molecule has 222 valence electrons. The van der Waals surface area contributed by atoms with Gasteiger partial charge in [0.1, 0.15) is 24.4 Å². The van der Waals surface area contributed by atoms with Gasteiger partial charge in [-0.25, -0.2) is 9.48 Å². The number of ketones is 2. The second-order valence-electron chi connectivity index (χ2n) is 11.6. The molecule has 4 aliphatic heterocycles. The summed E-state index contributed by atoms with van der Waals surface area (Å²) in [5, 5.41) is 24.1. The molecule has 0 radical (unpaired) electrons. The highest BCUT2D eigenvalue weighted by molar-refractivity contribution is 8.03. The van der Waals surface area contributed by atoms with E-state index in [1.165, 1.54) is 27.7 Å². The summed E-state index contributed by atoms with van der Waals surface area (Å²) in [4.78, 5) is 66.8. The van der Waals surface area contributed by atoms with Gasteiger partial charge in [-0.2, -0.15) is 0 Å². The number of nitrogens with zero attached hydrogens (tertiary/aromatic N) is 6. The molecule has 0 saturated carbocycles. The van der Waals surface area contributed by atoms with Gasteiger partial charge in [-0.15, -0.1) is 16.9 Å². The number of thioether (sulfide) groups is 1. The van der Waals surface area contributed by atoms with Crippen LogP contribution in [0.1, 0.15) is 39.5 Å². The third kappa shape index (κ3) is 5.79. The van der Waals surface area contributed by atoms with Crippen LogP contribution in [-0.2, 0) is 30.5 Å². The third-order valence-electron chi connectivity index (χ3n) is 8.71. The van der Waals surface area contributed by atoms with Gasteiger partial charge < -0.3 is 26.0 Å². The van der Waals surface area contributed by atoms with E-state index in [0.29, 0.717) is 37.4 Å². The summed E-state index contributed by atoms with van der Waals surface area (Å²) in [5.74, 6) is -2.32. The number of carbonyl (C=O) groups is 5. The summed E-state index contributed by atoms with van der Waals surface area (Å²) in [7, 11) is 0. The van der Waals surface area contributed by atoms with Gasteiger partial charge in [-0.3, -0.25) is 19.2 Å². The first-order valence-corrected chi connectivity index (χ1v) is 14.9. The molecule has 7 atom stereocenters. The fourth-order valence-electron chi connectivity index (χ4n) is 6.74. The Bertz CT molecular complexity index is 1250. The summed E-state index contributed by atoms with van der Waals surface area (Å²) >= 11 is 1.44. The van der Waals surface area contributed by atoms with Crippen molar-refractivity contribution in [3.8, 4) is 0 Å². The first-order valence-electron chi connectivity index (χ1n) is 14.0. The maximum atomic E-state index is 13.2. The van der Waals surface area contributed by atoms with Crippen molar-refractivity contribution >= 4 is 41.1 Å². The topological polar surface area (TPSA) is 194 Å². The van der Waals surface area contributed by atoms with Crippen LogP contribution in [0.2, 0.25) is 0 Å². The second-order valence-corrected chi connectivity index (χ2v) is 12.9. The number of nitrogens with two attached hydrogens (primary N) is 1. The zero-order chi connectivity index (χ0) is 29.4. The largest absolute Gasteiger partial charge is 0.477 e. The SMILES string of the molecule is CC(CC(=O)Cn1cnnn1)C1C(=O)N2C(C(=O)O)=C(SC3CNC(C(=O)N4CC[C@@H](CC(=O)CN)C4)C3)[C@H](C)[C@H]12. The molecule has 0 bridgehead atoms. The van der Waals surface area contributed by atoms with E-state index in [0.717, 1.165) is 6.42 Å². The van der Waals surface area contributed by atoms with Crippen molar-refractivity contribution in [1.82, 2.24) is 35.3 Å². The number of carbonyl (C=O) groups excluding carboxylic acids is 4. The highest BCUT2D eigenvalue weighted by Gasteiger charge is 2.60. The smallest absolute Gasteiger partial charge is 0.353 e. The van der Waals surface area contributed by atoms with Crippen molar-refractivity contribution in [2.24, 2.45) is 29.4 Å². The summed E-state index contributed by atoms with van der Waals surface area (Å²) in [6, 6.07) is -0.698. The molecular weight excluding hydrogens is 552 g/mol. The Balaban J connectivity index is 1.19. The van der Waals surface area contributed by atoms with E-state index in [1.807, 2.05) is 13.8 Å². The quantitative estimate of drug-likeness (QED) is 0.260. The summed E-state index contributed by atoms with van der Waals surface area (Å²) in [6.45, 7) is 5.51. The van der Waals surface area contributed by atoms with Crippen LogP contribution in [0.25, 0.3) is 0 Å². The van der Waals surface area contributed by atoms with E-state index in [2.05, 4.69) is 20.8 Å². The predicted octanol–water partition coefficient (Wildman–Crippen LogP) is -0.729. The third-order valence-corrected chi connectivity index (χ3v) is 10.2. The summed E-state index contributed by atoms with van der Waals surface area (Å²) < 4.78 is 1.33. The van der Waals surface area contributed by atoms with Crippen LogP contribution in [0.15, 0.2) is 16.9 Å². The van der Waals surface area contributed by atoms with Gasteiger partial charge in [0, 0.05) is 48.5 Å². The lowest BCUT2D eigenvalue weighted by molar-refractivity contribution is -0.160. The van der Waals surface area contributed by atoms with Gasteiger partial charge in [0.2, 0.25) is 11.8 Å². The highest BCUT2D eigenvalue weighted by atomic mass is 32.2. The van der Waals surface area contributed by atoms with E-state index < -0.39 is 11.9 Å². The molecule has 4 N–H and O–H groups in total. The first-order chi connectivity index (χ1) is 19.6. The molecule has 14 nitrogen and oxygen atoms in total. The Kier molecular flexibility index (Phi) is 8.57. The van der Waals surface area contributed by atoms with Gasteiger partial charge in [-0.05, 0) is 35.1 Å². The molecule has 0 aromatic carbocycles. The molecule has 1 aromatic rings. The number of aromatic nitrogens is 4. The number of hydrogen-bond donors (Lipinski definition) is 3. The average molecular weight is 589 g/mol. The Morgan fingerprint density at radius 1 is 1.27 bits per heavy atom. The van der Waals surface area contributed by atoms with E-state index in [9.17, 15) is 29.1 Å². The van der Waals surface area contributed by atoms with E-state index in [4.69, 9.17) is 5.73 Å². The zero-order valence-electron chi connectivity index (χ0n) is 23.1. The first kappa shape index (κ1) is 29.3.